The standard InChI is InChI=1S/C13H20N4S/c1-11-9-18-12(15-11)8-16-4-6-17(7-5-16)13(2,3)10-14/h9H,4-8H2,1-3H3. The van der Waals surface area contributed by atoms with E-state index in [4.69, 9.17) is 5.26 Å². The number of nitrogens with zero attached hydrogens (tertiary/aromatic N) is 4. The first kappa shape index (κ1) is 13.5. The number of thiazole rings is 1. The molecule has 0 N–H and O–H groups in total. The second-order valence-corrected chi connectivity index (χ2v) is 6.26. The summed E-state index contributed by atoms with van der Waals surface area (Å²) in [5.74, 6) is 0. The summed E-state index contributed by atoms with van der Waals surface area (Å²) in [5.41, 5.74) is 0.767. The van der Waals surface area contributed by atoms with Crippen LogP contribution in [0.15, 0.2) is 5.38 Å². The number of hydrogen-bond acceptors (Lipinski definition) is 5. The SMILES string of the molecule is Cc1csc(CN2CCN(C(C)(C)C#N)CC2)n1. The van der Waals surface area contributed by atoms with Crippen molar-refractivity contribution >= 4 is 11.3 Å². The van der Waals surface area contributed by atoms with E-state index in [2.05, 4.69) is 26.2 Å². The molecule has 0 aromatic carbocycles. The smallest absolute Gasteiger partial charge is 0.107 e. The van der Waals surface area contributed by atoms with Gasteiger partial charge in [0.05, 0.1) is 12.6 Å². The number of rotatable bonds is 3. The maximum atomic E-state index is 9.14. The molecular weight excluding hydrogens is 244 g/mol. The maximum Gasteiger partial charge on any atom is 0.107 e. The lowest BCUT2D eigenvalue weighted by molar-refractivity contribution is 0.0763. The summed E-state index contributed by atoms with van der Waals surface area (Å²) in [6, 6.07) is 2.38. The van der Waals surface area contributed by atoms with Crippen LogP contribution in [-0.2, 0) is 6.54 Å². The van der Waals surface area contributed by atoms with Crippen molar-refractivity contribution in [1.29, 1.82) is 5.26 Å². The predicted octanol–water partition coefficient (Wildman–Crippen LogP) is 1.87. The molecule has 5 heteroatoms. The Kier molecular flexibility index (Phi) is 4.00. The average Bonchev–Trinajstić information content (AvgIpc) is 2.75. The monoisotopic (exact) mass is 264 g/mol. The molecule has 0 radical (unpaired) electrons. The third-order valence-electron chi connectivity index (χ3n) is 3.46. The predicted molar refractivity (Wildman–Crippen MR) is 73.4 cm³/mol. The van der Waals surface area contributed by atoms with Crippen molar-refractivity contribution in [3.05, 3.63) is 16.1 Å². The summed E-state index contributed by atoms with van der Waals surface area (Å²) >= 11 is 1.74. The summed E-state index contributed by atoms with van der Waals surface area (Å²) < 4.78 is 0. The van der Waals surface area contributed by atoms with Gasteiger partial charge in [-0.2, -0.15) is 5.26 Å². The molecule has 0 unspecified atom stereocenters. The quantitative estimate of drug-likeness (QED) is 0.836. The molecule has 0 bridgehead atoms. The van der Waals surface area contributed by atoms with Crippen LogP contribution in [0.5, 0.6) is 0 Å². The fourth-order valence-corrected chi connectivity index (χ4v) is 3.02. The van der Waals surface area contributed by atoms with Gasteiger partial charge in [0.2, 0.25) is 0 Å². The van der Waals surface area contributed by atoms with Crippen LogP contribution in [0.4, 0.5) is 0 Å². The van der Waals surface area contributed by atoms with Crippen molar-refractivity contribution in [1.82, 2.24) is 14.8 Å². The van der Waals surface area contributed by atoms with E-state index in [1.807, 2.05) is 20.8 Å². The first-order valence-electron chi connectivity index (χ1n) is 6.31. The fourth-order valence-electron chi connectivity index (χ4n) is 2.20. The molecule has 0 aliphatic carbocycles. The largest absolute Gasteiger partial charge is 0.294 e. The highest BCUT2D eigenvalue weighted by atomic mass is 32.1. The number of hydrogen-bond donors (Lipinski definition) is 0. The lowest BCUT2D eigenvalue weighted by atomic mass is 10.0. The summed E-state index contributed by atoms with van der Waals surface area (Å²) in [4.78, 5) is 9.18. The van der Waals surface area contributed by atoms with Gasteiger partial charge in [-0.3, -0.25) is 9.80 Å². The van der Waals surface area contributed by atoms with Crippen molar-refractivity contribution in [2.24, 2.45) is 0 Å². The molecule has 4 nitrogen and oxygen atoms in total. The molecule has 1 aliphatic heterocycles. The number of aromatic nitrogens is 1. The van der Waals surface area contributed by atoms with Gasteiger partial charge in [0.25, 0.3) is 0 Å². The van der Waals surface area contributed by atoms with Crippen LogP contribution < -0.4 is 0 Å². The highest BCUT2D eigenvalue weighted by Crippen LogP contribution is 2.18. The lowest BCUT2D eigenvalue weighted by Crippen LogP contribution is -2.53. The number of nitriles is 1. The van der Waals surface area contributed by atoms with Crippen molar-refractivity contribution in [2.45, 2.75) is 32.9 Å². The van der Waals surface area contributed by atoms with Crippen molar-refractivity contribution in [2.75, 3.05) is 26.2 Å². The highest BCUT2D eigenvalue weighted by Gasteiger charge is 2.29. The van der Waals surface area contributed by atoms with Gasteiger partial charge in [0.1, 0.15) is 10.5 Å². The first-order valence-corrected chi connectivity index (χ1v) is 7.19. The summed E-state index contributed by atoms with van der Waals surface area (Å²) in [5, 5.41) is 12.4. The van der Waals surface area contributed by atoms with Crippen molar-refractivity contribution < 1.29 is 0 Å². The van der Waals surface area contributed by atoms with Crippen LogP contribution in [0.2, 0.25) is 0 Å². The Hall–Kier alpha value is -0.960. The molecule has 2 heterocycles. The lowest BCUT2D eigenvalue weighted by Gasteiger charge is -2.40. The fraction of sp³-hybridized carbons (Fsp3) is 0.692. The Morgan fingerprint density at radius 3 is 2.56 bits per heavy atom. The Labute approximate surface area is 113 Å². The third-order valence-corrected chi connectivity index (χ3v) is 4.41. The Balaban J connectivity index is 1.86. The van der Waals surface area contributed by atoms with Crippen LogP contribution >= 0.6 is 11.3 Å². The molecule has 2 rings (SSSR count). The van der Waals surface area contributed by atoms with Gasteiger partial charge in [0, 0.05) is 37.3 Å². The Bertz CT molecular complexity index is 438. The van der Waals surface area contributed by atoms with Gasteiger partial charge in [-0.15, -0.1) is 11.3 Å². The Morgan fingerprint density at radius 2 is 2.06 bits per heavy atom. The topological polar surface area (TPSA) is 43.2 Å². The van der Waals surface area contributed by atoms with E-state index < -0.39 is 0 Å². The molecular formula is C13H20N4S. The molecule has 0 atom stereocenters. The minimum Gasteiger partial charge on any atom is -0.294 e. The van der Waals surface area contributed by atoms with E-state index >= 15 is 0 Å². The Morgan fingerprint density at radius 1 is 1.39 bits per heavy atom. The van der Waals surface area contributed by atoms with Crippen LogP contribution in [0, 0.1) is 18.3 Å². The van der Waals surface area contributed by atoms with Gasteiger partial charge in [-0.1, -0.05) is 0 Å². The second-order valence-electron chi connectivity index (χ2n) is 5.32. The molecule has 1 aliphatic rings. The van der Waals surface area contributed by atoms with Crippen molar-refractivity contribution in [3.63, 3.8) is 0 Å². The normalized spacial score (nSPS) is 18.8. The third kappa shape index (κ3) is 3.08. The molecule has 1 aromatic rings. The van der Waals surface area contributed by atoms with Crippen LogP contribution in [0.3, 0.4) is 0 Å². The zero-order valence-corrected chi connectivity index (χ0v) is 12.1. The first-order chi connectivity index (χ1) is 8.51. The maximum absolute atomic E-state index is 9.14. The molecule has 0 saturated carbocycles. The van der Waals surface area contributed by atoms with Crippen LogP contribution in [0.25, 0.3) is 0 Å². The van der Waals surface area contributed by atoms with Gasteiger partial charge in [-0.25, -0.2) is 4.98 Å². The summed E-state index contributed by atoms with van der Waals surface area (Å²) in [6.07, 6.45) is 0. The minimum atomic E-state index is -0.343. The van der Waals surface area contributed by atoms with Gasteiger partial charge < -0.3 is 0 Å². The number of aryl methyl sites for hydroxylation is 1. The zero-order valence-electron chi connectivity index (χ0n) is 11.3. The van der Waals surface area contributed by atoms with E-state index in [-0.39, 0.29) is 5.54 Å². The molecule has 1 aromatic heterocycles. The molecule has 1 fully saturated rings. The average molecular weight is 264 g/mol. The zero-order chi connectivity index (χ0) is 13.2. The highest BCUT2D eigenvalue weighted by molar-refractivity contribution is 7.09. The second kappa shape index (κ2) is 5.35. The van der Waals surface area contributed by atoms with Crippen LogP contribution in [0.1, 0.15) is 24.5 Å². The van der Waals surface area contributed by atoms with E-state index in [1.165, 1.54) is 5.01 Å². The molecule has 18 heavy (non-hydrogen) atoms. The molecule has 0 spiro atoms. The molecule has 98 valence electrons. The van der Waals surface area contributed by atoms with Crippen molar-refractivity contribution in [3.8, 4) is 6.07 Å². The summed E-state index contributed by atoms with van der Waals surface area (Å²) in [6.45, 7) is 10.9. The minimum absolute atomic E-state index is 0.343. The number of piperazine rings is 1. The van der Waals surface area contributed by atoms with E-state index in [0.29, 0.717) is 0 Å². The van der Waals surface area contributed by atoms with Gasteiger partial charge in [-0.05, 0) is 20.8 Å². The van der Waals surface area contributed by atoms with Crippen LogP contribution in [-0.4, -0.2) is 46.5 Å². The van der Waals surface area contributed by atoms with Gasteiger partial charge in [0.15, 0.2) is 0 Å². The molecule has 1 saturated heterocycles. The summed E-state index contributed by atoms with van der Waals surface area (Å²) in [7, 11) is 0. The van der Waals surface area contributed by atoms with E-state index in [1.54, 1.807) is 11.3 Å². The van der Waals surface area contributed by atoms with E-state index in [9.17, 15) is 0 Å². The molecule has 0 amide bonds. The van der Waals surface area contributed by atoms with Gasteiger partial charge >= 0.3 is 0 Å². The van der Waals surface area contributed by atoms with E-state index in [0.717, 1.165) is 38.4 Å².